The Hall–Kier alpha value is -1.53. The monoisotopic (exact) mass is 296 g/mol. The number of aliphatic hydroxyl groups is 1. The van der Waals surface area contributed by atoms with Gasteiger partial charge >= 0.3 is 0 Å². The van der Waals surface area contributed by atoms with E-state index >= 15 is 0 Å². The van der Waals surface area contributed by atoms with E-state index in [1.165, 1.54) is 0 Å². The van der Waals surface area contributed by atoms with Crippen molar-refractivity contribution in [2.45, 2.75) is 6.42 Å². The number of nitrogen functional groups attached to an aromatic ring is 2. The van der Waals surface area contributed by atoms with Crippen molar-refractivity contribution in [3.63, 3.8) is 0 Å². The van der Waals surface area contributed by atoms with E-state index in [1.807, 2.05) is 24.3 Å². The van der Waals surface area contributed by atoms with Crippen molar-refractivity contribution in [3.8, 4) is 5.69 Å². The normalized spacial score (nSPS) is 10.7. The molecule has 90 valence electrons. The smallest absolute Gasteiger partial charge is 0.151 e. The predicted octanol–water partition coefficient (Wildman–Crippen LogP) is 1.33. The van der Waals surface area contributed by atoms with Crippen LogP contribution in [0.1, 0.15) is 5.56 Å². The summed E-state index contributed by atoms with van der Waals surface area (Å²) in [5.74, 6) is 0.832. The lowest BCUT2D eigenvalue weighted by molar-refractivity contribution is 0.300. The molecule has 0 saturated heterocycles. The fraction of sp³-hybridized carbons (Fsp3) is 0.182. The van der Waals surface area contributed by atoms with Crippen LogP contribution in [0.3, 0.4) is 0 Å². The molecule has 2 aromatic rings. The van der Waals surface area contributed by atoms with E-state index < -0.39 is 0 Å². The van der Waals surface area contributed by atoms with Gasteiger partial charge in [-0.15, -0.1) is 5.10 Å². The van der Waals surface area contributed by atoms with Crippen LogP contribution in [0.25, 0.3) is 5.69 Å². The summed E-state index contributed by atoms with van der Waals surface area (Å²) in [6, 6.07) is 7.57. The number of halogens is 1. The molecule has 0 aliphatic rings. The van der Waals surface area contributed by atoms with Crippen LogP contribution in [0.2, 0.25) is 0 Å². The highest BCUT2D eigenvalue weighted by Crippen LogP contribution is 2.24. The van der Waals surface area contributed by atoms with E-state index in [2.05, 4.69) is 21.0 Å². The van der Waals surface area contributed by atoms with Crippen molar-refractivity contribution in [1.29, 1.82) is 0 Å². The molecule has 0 atom stereocenters. The summed E-state index contributed by atoms with van der Waals surface area (Å²) in [5.41, 5.74) is 13.2. The Bertz CT molecular complexity index is 521. The van der Waals surface area contributed by atoms with Gasteiger partial charge in [0, 0.05) is 23.1 Å². The molecule has 0 spiro atoms. The first-order valence-electron chi connectivity index (χ1n) is 5.13. The number of rotatable bonds is 3. The minimum atomic E-state index is 0.000428. The molecule has 0 aliphatic heterocycles. The maximum absolute atomic E-state index is 8.93. The highest BCUT2D eigenvalue weighted by molar-refractivity contribution is 9.10. The zero-order valence-electron chi connectivity index (χ0n) is 9.10. The molecular weight excluding hydrogens is 284 g/mol. The molecule has 0 unspecified atom stereocenters. The first-order valence-corrected chi connectivity index (χ1v) is 5.92. The van der Waals surface area contributed by atoms with E-state index in [0.29, 0.717) is 23.6 Å². The second-order valence-electron chi connectivity index (χ2n) is 3.61. The summed E-state index contributed by atoms with van der Waals surface area (Å²) in [6.45, 7) is 0.000428. The lowest BCUT2D eigenvalue weighted by Crippen LogP contribution is -2.03. The molecule has 0 amide bonds. The predicted molar refractivity (Wildman–Crippen MR) is 70.9 cm³/mol. The van der Waals surface area contributed by atoms with Crippen molar-refractivity contribution in [3.05, 3.63) is 34.3 Å². The Balaban J connectivity index is 2.46. The molecule has 5 N–H and O–H groups in total. The molecule has 0 aliphatic carbocycles. The van der Waals surface area contributed by atoms with Crippen LogP contribution < -0.4 is 11.5 Å². The van der Waals surface area contributed by atoms with Crippen molar-refractivity contribution in [2.75, 3.05) is 18.1 Å². The van der Waals surface area contributed by atoms with Crippen LogP contribution in [0.5, 0.6) is 0 Å². The summed E-state index contributed by atoms with van der Waals surface area (Å²) in [5, 5.41) is 13.1. The number of benzene rings is 1. The van der Waals surface area contributed by atoms with Gasteiger partial charge in [0.25, 0.3) is 0 Å². The van der Waals surface area contributed by atoms with Gasteiger partial charge in [-0.1, -0.05) is 15.9 Å². The third kappa shape index (κ3) is 2.27. The molecular formula is C11H13BrN4O. The summed E-state index contributed by atoms with van der Waals surface area (Å²) < 4.78 is 2.56. The average molecular weight is 297 g/mol. The third-order valence-electron chi connectivity index (χ3n) is 2.49. The number of aromatic nitrogens is 2. The zero-order chi connectivity index (χ0) is 12.4. The number of hydrogen-bond acceptors (Lipinski definition) is 4. The summed E-state index contributed by atoms with van der Waals surface area (Å²) in [7, 11) is 0. The summed E-state index contributed by atoms with van der Waals surface area (Å²) in [6.07, 6.45) is 0.411. The van der Waals surface area contributed by atoms with Crippen LogP contribution in [0, 0.1) is 0 Å². The van der Waals surface area contributed by atoms with Gasteiger partial charge in [-0.25, -0.2) is 4.68 Å². The highest BCUT2D eigenvalue weighted by atomic mass is 79.9. The third-order valence-corrected chi connectivity index (χ3v) is 3.02. The van der Waals surface area contributed by atoms with Crippen molar-refractivity contribution < 1.29 is 5.11 Å². The summed E-state index contributed by atoms with van der Waals surface area (Å²) >= 11 is 3.36. The van der Waals surface area contributed by atoms with Gasteiger partial charge < -0.3 is 16.6 Å². The molecule has 17 heavy (non-hydrogen) atoms. The number of aliphatic hydroxyl groups excluding tert-OH is 1. The van der Waals surface area contributed by atoms with E-state index in [4.69, 9.17) is 16.6 Å². The Kier molecular flexibility index (Phi) is 3.35. The molecule has 1 aromatic carbocycles. The largest absolute Gasteiger partial charge is 0.396 e. The maximum Gasteiger partial charge on any atom is 0.151 e. The van der Waals surface area contributed by atoms with Crippen LogP contribution in [-0.2, 0) is 6.42 Å². The zero-order valence-corrected chi connectivity index (χ0v) is 10.7. The van der Waals surface area contributed by atoms with Gasteiger partial charge in [0.2, 0.25) is 0 Å². The Morgan fingerprint density at radius 2 is 1.88 bits per heavy atom. The summed E-state index contributed by atoms with van der Waals surface area (Å²) in [4.78, 5) is 0. The fourth-order valence-corrected chi connectivity index (χ4v) is 1.89. The molecule has 0 bridgehead atoms. The first kappa shape index (κ1) is 11.9. The Morgan fingerprint density at radius 3 is 2.47 bits per heavy atom. The van der Waals surface area contributed by atoms with E-state index in [1.54, 1.807) is 4.68 Å². The SMILES string of the molecule is Nc1nn(-c2ccc(Br)cc2)c(N)c1CCO. The maximum atomic E-state index is 8.93. The van der Waals surface area contributed by atoms with Crippen molar-refractivity contribution >= 4 is 27.6 Å². The number of nitrogens with zero attached hydrogens (tertiary/aromatic N) is 2. The van der Waals surface area contributed by atoms with E-state index in [-0.39, 0.29) is 6.61 Å². The van der Waals surface area contributed by atoms with Crippen LogP contribution in [-0.4, -0.2) is 21.5 Å². The van der Waals surface area contributed by atoms with Crippen LogP contribution >= 0.6 is 15.9 Å². The fourth-order valence-electron chi connectivity index (χ4n) is 1.63. The molecule has 2 rings (SSSR count). The standard InChI is InChI=1S/C11H13BrN4O/c12-7-1-3-8(4-2-7)16-11(14)9(5-6-17)10(13)15-16/h1-4,17H,5-6,14H2,(H2,13,15). The Morgan fingerprint density at radius 1 is 1.24 bits per heavy atom. The van der Waals surface area contributed by atoms with Gasteiger partial charge in [-0.05, 0) is 24.3 Å². The molecule has 1 aromatic heterocycles. The van der Waals surface area contributed by atoms with Crippen molar-refractivity contribution in [1.82, 2.24) is 9.78 Å². The average Bonchev–Trinajstić information content (AvgIpc) is 2.59. The van der Waals surface area contributed by atoms with Crippen LogP contribution in [0.4, 0.5) is 11.6 Å². The quantitative estimate of drug-likeness (QED) is 0.797. The van der Waals surface area contributed by atoms with E-state index in [0.717, 1.165) is 10.2 Å². The van der Waals surface area contributed by atoms with E-state index in [9.17, 15) is 0 Å². The van der Waals surface area contributed by atoms with Crippen LogP contribution in [0.15, 0.2) is 28.7 Å². The molecule has 0 radical (unpaired) electrons. The molecule has 6 heteroatoms. The molecule has 0 saturated carbocycles. The lowest BCUT2D eigenvalue weighted by atomic mass is 10.2. The van der Waals surface area contributed by atoms with Gasteiger partial charge in [0.15, 0.2) is 5.82 Å². The highest BCUT2D eigenvalue weighted by Gasteiger charge is 2.13. The lowest BCUT2D eigenvalue weighted by Gasteiger charge is -2.04. The van der Waals surface area contributed by atoms with Gasteiger partial charge in [-0.3, -0.25) is 0 Å². The Labute approximate surface area is 107 Å². The topological polar surface area (TPSA) is 90.1 Å². The molecule has 1 heterocycles. The van der Waals surface area contributed by atoms with Gasteiger partial charge in [0.1, 0.15) is 5.82 Å². The second kappa shape index (κ2) is 4.77. The second-order valence-corrected chi connectivity index (χ2v) is 4.53. The van der Waals surface area contributed by atoms with Crippen molar-refractivity contribution in [2.24, 2.45) is 0 Å². The number of anilines is 2. The minimum absolute atomic E-state index is 0.000428. The number of nitrogens with two attached hydrogens (primary N) is 2. The van der Waals surface area contributed by atoms with Gasteiger partial charge in [-0.2, -0.15) is 0 Å². The van der Waals surface area contributed by atoms with Gasteiger partial charge in [0.05, 0.1) is 5.69 Å². The molecule has 5 nitrogen and oxygen atoms in total. The number of hydrogen-bond donors (Lipinski definition) is 3. The minimum Gasteiger partial charge on any atom is -0.396 e. The molecule has 0 fully saturated rings. The first-order chi connectivity index (χ1) is 8.13.